The van der Waals surface area contributed by atoms with E-state index >= 15 is 0 Å². The molecule has 31 heavy (non-hydrogen) atoms. The van der Waals surface area contributed by atoms with Crippen molar-refractivity contribution in [3.8, 4) is 23.7 Å². The number of aliphatic hydroxyl groups excluding tert-OH is 8. The first-order valence-electron chi connectivity index (χ1n) is 9.50. The van der Waals surface area contributed by atoms with Crippen molar-refractivity contribution >= 4 is 11.3 Å². The zero-order valence-corrected chi connectivity index (χ0v) is 17.0. The van der Waals surface area contributed by atoms with Gasteiger partial charge in [0, 0.05) is 0 Å². The standard InChI is InChI=1S/C20H24O10S/c21-7-13-17(25)19(27)15(23)11(29-13)5-3-9-1-2-10(31-9)4-6-12-16(24)20(28)18(26)14(8-22)30-12/h1-2,11-28H,7-8H2/t11-,12?,13-,14-,15-,16-,17-,18-,19-,20-/m1/s1. The fourth-order valence-electron chi connectivity index (χ4n) is 3.20. The Labute approximate surface area is 181 Å². The first-order valence-corrected chi connectivity index (χ1v) is 10.3. The molecule has 3 rings (SSSR count). The minimum Gasteiger partial charge on any atom is -0.394 e. The predicted octanol–water partition coefficient (Wildman–Crippen LogP) is -3.86. The van der Waals surface area contributed by atoms with Crippen LogP contribution < -0.4 is 0 Å². The molecule has 170 valence electrons. The molecule has 2 aliphatic rings. The van der Waals surface area contributed by atoms with Crippen molar-refractivity contribution in [2.24, 2.45) is 0 Å². The number of hydrogen-bond donors (Lipinski definition) is 8. The summed E-state index contributed by atoms with van der Waals surface area (Å²) in [6, 6.07) is 3.30. The van der Waals surface area contributed by atoms with Crippen LogP contribution in [-0.2, 0) is 9.47 Å². The van der Waals surface area contributed by atoms with Crippen molar-refractivity contribution in [2.45, 2.75) is 61.0 Å². The molecule has 8 N–H and O–H groups in total. The van der Waals surface area contributed by atoms with Crippen LogP contribution in [0.1, 0.15) is 9.75 Å². The molecule has 0 spiro atoms. The van der Waals surface area contributed by atoms with Crippen molar-refractivity contribution in [2.75, 3.05) is 13.2 Å². The van der Waals surface area contributed by atoms with Gasteiger partial charge in [-0.2, -0.15) is 0 Å². The predicted molar refractivity (Wildman–Crippen MR) is 106 cm³/mol. The summed E-state index contributed by atoms with van der Waals surface area (Å²) in [5, 5.41) is 77.6. The summed E-state index contributed by atoms with van der Waals surface area (Å²) in [4.78, 5) is 1.10. The van der Waals surface area contributed by atoms with E-state index in [4.69, 9.17) is 9.47 Å². The van der Waals surface area contributed by atoms with Crippen molar-refractivity contribution in [3.63, 3.8) is 0 Å². The Bertz CT molecular complexity index is 794. The van der Waals surface area contributed by atoms with Gasteiger partial charge >= 0.3 is 0 Å². The van der Waals surface area contributed by atoms with E-state index in [1.54, 1.807) is 12.1 Å². The molecular weight excluding hydrogens is 432 g/mol. The molecule has 1 aromatic rings. The van der Waals surface area contributed by atoms with Crippen LogP contribution in [0.25, 0.3) is 0 Å². The smallest absolute Gasteiger partial charge is 0.147 e. The Morgan fingerprint density at radius 2 is 1.03 bits per heavy atom. The number of aliphatic hydroxyl groups is 8. The van der Waals surface area contributed by atoms with Crippen LogP contribution in [-0.4, -0.2) is 115 Å². The lowest BCUT2D eigenvalue weighted by atomic mass is 9.95. The lowest BCUT2D eigenvalue weighted by molar-refractivity contribution is -0.214. The van der Waals surface area contributed by atoms with E-state index in [0.29, 0.717) is 9.75 Å². The highest BCUT2D eigenvalue weighted by Gasteiger charge is 2.43. The summed E-state index contributed by atoms with van der Waals surface area (Å²) >= 11 is 1.18. The van der Waals surface area contributed by atoms with Crippen LogP contribution in [0.4, 0.5) is 0 Å². The second-order valence-electron chi connectivity index (χ2n) is 7.20. The maximum absolute atomic E-state index is 10.0. The van der Waals surface area contributed by atoms with Crippen molar-refractivity contribution in [3.05, 3.63) is 21.9 Å². The minimum atomic E-state index is -1.51. The quantitative estimate of drug-likeness (QED) is 0.205. The molecule has 10 atom stereocenters. The van der Waals surface area contributed by atoms with E-state index < -0.39 is 74.3 Å². The lowest BCUT2D eigenvalue weighted by Crippen LogP contribution is -2.58. The van der Waals surface area contributed by atoms with Gasteiger partial charge in [0.2, 0.25) is 0 Å². The maximum Gasteiger partial charge on any atom is 0.147 e. The fraction of sp³-hybridized carbons (Fsp3) is 0.600. The van der Waals surface area contributed by atoms with E-state index in [0.717, 1.165) is 0 Å². The van der Waals surface area contributed by atoms with Gasteiger partial charge in [0.05, 0.1) is 23.0 Å². The van der Waals surface area contributed by atoms with Gasteiger partial charge in [-0.25, -0.2) is 0 Å². The van der Waals surface area contributed by atoms with Gasteiger partial charge < -0.3 is 50.3 Å². The van der Waals surface area contributed by atoms with E-state index in [1.807, 2.05) is 0 Å². The summed E-state index contributed by atoms with van der Waals surface area (Å²) in [7, 11) is 0. The summed E-state index contributed by atoms with van der Waals surface area (Å²) in [6.07, 6.45) is -13.1. The molecule has 0 bridgehead atoms. The monoisotopic (exact) mass is 456 g/mol. The highest BCUT2D eigenvalue weighted by Crippen LogP contribution is 2.23. The van der Waals surface area contributed by atoms with Gasteiger partial charge in [0.1, 0.15) is 61.0 Å². The Morgan fingerprint density at radius 1 is 0.645 bits per heavy atom. The van der Waals surface area contributed by atoms with Crippen LogP contribution in [0.15, 0.2) is 12.1 Å². The van der Waals surface area contributed by atoms with E-state index in [2.05, 4.69) is 23.7 Å². The van der Waals surface area contributed by atoms with E-state index in [-0.39, 0.29) is 0 Å². The summed E-state index contributed by atoms with van der Waals surface area (Å²) < 4.78 is 10.6. The first-order chi connectivity index (χ1) is 14.8. The average molecular weight is 456 g/mol. The summed E-state index contributed by atoms with van der Waals surface area (Å²) in [6.45, 7) is -1.08. The lowest BCUT2D eigenvalue weighted by Gasteiger charge is -2.37. The topological polar surface area (TPSA) is 180 Å². The Balaban J connectivity index is 1.69. The van der Waals surface area contributed by atoms with Crippen LogP contribution >= 0.6 is 11.3 Å². The average Bonchev–Trinajstić information content (AvgIpc) is 3.23. The Hall–Kier alpha value is -1.58. The van der Waals surface area contributed by atoms with Crippen molar-refractivity contribution < 1.29 is 50.3 Å². The highest BCUT2D eigenvalue weighted by molar-refractivity contribution is 7.13. The van der Waals surface area contributed by atoms with Gasteiger partial charge in [-0.15, -0.1) is 11.3 Å². The Morgan fingerprint density at radius 3 is 1.39 bits per heavy atom. The molecule has 3 heterocycles. The second-order valence-corrected chi connectivity index (χ2v) is 8.29. The summed E-state index contributed by atoms with van der Waals surface area (Å²) in [5.74, 6) is 10.9. The van der Waals surface area contributed by atoms with E-state index in [9.17, 15) is 40.9 Å². The molecule has 0 aromatic carbocycles. The van der Waals surface area contributed by atoms with Gasteiger partial charge in [0.25, 0.3) is 0 Å². The zero-order chi connectivity index (χ0) is 22.7. The molecule has 11 heteroatoms. The zero-order valence-electron chi connectivity index (χ0n) is 16.1. The van der Waals surface area contributed by atoms with Crippen LogP contribution in [0, 0.1) is 23.7 Å². The Kier molecular flexibility index (Phi) is 8.04. The van der Waals surface area contributed by atoms with Gasteiger partial charge in [-0.1, -0.05) is 23.7 Å². The molecule has 2 saturated heterocycles. The molecule has 1 aromatic heterocycles. The largest absolute Gasteiger partial charge is 0.394 e. The second kappa shape index (κ2) is 10.4. The molecule has 2 aliphatic heterocycles. The number of ether oxygens (including phenoxy) is 2. The molecular formula is C20H24O10S. The van der Waals surface area contributed by atoms with Crippen molar-refractivity contribution in [1.29, 1.82) is 0 Å². The van der Waals surface area contributed by atoms with Gasteiger partial charge in [0.15, 0.2) is 0 Å². The number of rotatable bonds is 2. The third-order valence-electron chi connectivity index (χ3n) is 5.07. The third kappa shape index (κ3) is 5.26. The molecule has 10 nitrogen and oxygen atoms in total. The molecule has 1 unspecified atom stereocenters. The molecule has 0 saturated carbocycles. The third-order valence-corrected chi connectivity index (χ3v) is 5.98. The molecule has 0 radical (unpaired) electrons. The SMILES string of the molecule is OC[C@H]1O[C@H](C#Cc2ccc(C#CC3O[C@H](CO)[C@@H](O)[C@H](O)[C@@H]3O)s2)[C@@H](O)[C@@H](O)[C@@H]1O. The van der Waals surface area contributed by atoms with Crippen LogP contribution in [0.2, 0.25) is 0 Å². The molecule has 0 amide bonds. The number of thiophene rings is 1. The van der Waals surface area contributed by atoms with E-state index in [1.165, 1.54) is 11.3 Å². The maximum atomic E-state index is 10.0. The van der Waals surface area contributed by atoms with Crippen molar-refractivity contribution in [1.82, 2.24) is 0 Å². The number of hydrogen-bond acceptors (Lipinski definition) is 11. The minimum absolute atomic E-state index is 0.542. The highest BCUT2D eigenvalue weighted by atomic mass is 32.1. The van der Waals surface area contributed by atoms with Crippen LogP contribution in [0.5, 0.6) is 0 Å². The normalized spacial score (nSPS) is 40.4. The molecule has 0 aliphatic carbocycles. The molecule has 2 fully saturated rings. The van der Waals surface area contributed by atoms with Gasteiger partial charge in [-0.3, -0.25) is 0 Å². The van der Waals surface area contributed by atoms with Crippen LogP contribution in [0.3, 0.4) is 0 Å². The first kappa shape index (κ1) is 24.1. The summed E-state index contributed by atoms with van der Waals surface area (Å²) in [5.41, 5.74) is 0. The van der Waals surface area contributed by atoms with Gasteiger partial charge in [-0.05, 0) is 12.1 Å². The fourth-order valence-corrected chi connectivity index (χ4v) is 3.93.